The molecule has 2 aromatic heterocycles. The van der Waals surface area contributed by atoms with Gasteiger partial charge in [-0.1, -0.05) is 18.2 Å². The Morgan fingerprint density at radius 3 is 2.96 bits per heavy atom. The molecule has 0 spiro atoms. The maximum absolute atomic E-state index is 13.2. The van der Waals surface area contributed by atoms with Gasteiger partial charge in [0.15, 0.2) is 0 Å². The number of hydrogen-bond acceptors (Lipinski definition) is 3. The molecule has 2 aliphatic rings. The van der Waals surface area contributed by atoms with E-state index in [1.54, 1.807) is 6.20 Å². The average molecular weight is 333 g/mol. The predicted octanol–water partition coefficient (Wildman–Crippen LogP) is 2.47. The van der Waals surface area contributed by atoms with Crippen LogP contribution in [0.5, 0.6) is 0 Å². The Kier molecular flexibility index (Phi) is 3.23. The van der Waals surface area contributed by atoms with Crippen molar-refractivity contribution < 1.29 is 4.79 Å². The van der Waals surface area contributed by atoms with Gasteiger partial charge in [0.25, 0.3) is 5.91 Å². The lowest BCUT2D eigenvalue weighted by molar-refractivity contribution is 0.0975. The number of carbonyl (C=O) groups excluding carboxylic acids is 1. The lowest BCUT2D eigenvalue weighted by Crippen LogP contribution is -2.41. The van der Waals surface area contributed by atoms with Gasteiger partial charge in [-0.05, 0) is 30.5 Å². The van der Waals surface area contributed by atoms with Gasteiger partial charge in [0, 0.05) is 43.8 Å². The smallest absolute Gasteiger partial charge is 0.278 e. The molecule has 1 amide bonds. The number of nitrogens with zero attached hydrogens (tertiary/aromatic N) is 5. The van der Waals surface area contributed by atoms with Crippen molar-refractivity contribution in [3.63, 3.8) is 0 Å². The monoisotopic (exact) mass is 333 g/mol. The second-order valence-corrected chi connectivity index (χ2v) is 6.73. The van der Waals surface area contributed by atoms with Gasteiger partial charge in [0.05, 0.1) is 6.04 Å². The maximum Gasteiger partial charge on any atom is 0.278 e. The van der Waals surface area contributed by atoms with Crippen LogP contribution in [0.15, 0.2) is 48.9 Å². The molecule has 4 heterocycles. The molecule has 0 saturated heterocycles. The number of carbonyl (C=O) groups is 1. The molecular formula is C19H19N5O. The fourth-order valence-electron chi connectivity index (χ4n) is 3.94. The topological polar surface area (TPSA) is 56.0 Å². The summed E-state index contributed by atoms with van der Waals surface area (Å²) in [5, 5.41) is 4.38. The van der Waals surface area contributed by atoms with Crippen molar-refractivity contribution in [2.24, 2.45) is 0 Å². The number of aromatic nitrogens is 4. The summed E-state index contributed by atoms with van der Waals surface area (Å²) in [6.45, 7) is 1.57. The lowest BCUT2D eigenvalue weighted by Gasteiger charge is -2.34. The van der Waals surface area contributed by atoms with E-state index in [4.69, 9.17) is 0 Å². The number of imidazole rings is 1. The number of benzene rings is 1. The number of aryl methyl sites for hydroxylation is 2. The van der Waals surface area contributed by atoms with Crippen molar-refractivity contribution in [2.45, 2.75) is 31.8 Å². The number of rotatable bonds is 2. The van der Waals surface area contributed by atoms with Crippen LogP contribution in [0.2, 0.25) is 0 Å². The molecule has 3 aromatic rings. The number of anilines is 1. The summed E-state index contributed by atoms with van der Waals surface area (Å²) in [4.78, 5) is 19.6. The Morgan fingerprint density at radius 2 is 2.12 bits per heavy atom. The number of hydrogen-bond donors (Lipinski definition) is 0. The molecule has 5 rings (SSSR count). The molecule has 6 heteroatoms. The molecule has 25 heavy (non-hydrogen) atoms. The van der Waals surface area contributed by atoms with Gasteiger partial charge in [-0.25, -0.2) is 4.98 Å². The van der Waals surface area contributed by atoms with Crippen LogP contribution >= 0.6 is 0 Å². The first-order valence-corrected chi connectivity index (χ1v) is 8.74. The van der Waals surface area contributed by atoms with E-state index in [9.17, 15) is 4.79 Å². The number of fused-ring (bicyclic) bond motifs is 2. The Bertz CT molecular complexity index is 906. The minimum Gasteiger partial charge on any atom is -0.334 e. The fraction of sp³-hybridized carbons (Fsp3) is 0.316. The quantitative estimate of drug-likeness (QED) is 0.724. The Morgan fingerprint density at radius 1 is 1.20 bits per heavy atom. The SMILES string of the molecule is O=C(c1cn2c(n1)CCC2)N1CC(n2cccn2)Cc2ccccc21. The molecule has 126 valence electrons. The van der Waals surface area contributed by atoms with E-state index in [2.05, 4.69) is 20.7 Å². The van der Waals surface area contributed by atoms with Gasteiger partial charge in [0.2, 0.25) is 0 Å². The van der Waals surface area contributed by atoms with Gasteiger partial charge in [0.1, 0.15) is 11.5 Å². The van der Waals surface area contributed by atoms with E-state index in [1.807, 2.05) is 46.2 Å². The van der Waals surface area contributed by atoms with Crippen molar-refractivity contribution in [2.75, 3.05) is 11.4 Å². The van der Waals surface area contributed by atoms with Crippen molar-refractivity contribution in [3.8, 4) is 0 Å². The van der Waals surface area contributed by atoms with Crippen molar-refractivity contribution in [1.29, 1.82) is 0 Å². The van der Waals surface area contributed by atoms with Crippen LogP contribution < -0.4 is 4.90 Å². The van der Waals surface area contributed by atoms with Crippen LogP contribution in [0.4, 0.5) is 5.69 Å². The predicted molar refractivity (Wildman–Crippen MR) is 93.6 cm³/mol. The first kappa shape index (κ1) is 14.5. The second-order valence-electron chi connectivity index (χ2n) is 6.73. The summed E-state index contributed by atoms with van der Waals surface area (Å²) in [5.41, 5.74) is 2.71. The molecule has 0 bridgehead atoms. The highest BCUT2D eigenvalue weighted by molar-refractivity contribution is 6.05. The summed E-state index contributed by atoms with van der Waals surface area (Å²) in [7, 11) is 0. The van der Waals surface area contributed by atoms with E-state index >= 15 is 0 Å². The maximum atomic E-state index is 13.2. The molecule has 2 aliphatic heterocycles. The summed E-state index contributed by atoms with van der Waals surface area (Å²) in [6.07, 6.45) is 8.61. The fourth-order valence-corrected chi connectivity index (χ4v) is 3.94. The molecule has 6 nitrogen and oxygen atoms in total. The van der Waals surface area contributed by atoms with Crippen LogP contribution in [0.3, 0.4) is 0 Å². The van der Waals surface area contributed by atoms with Crippen LogP contribution in [0.25, 0.3) is 0 Å². The normalized spacial score (nSPS) is 18.9. The largest absolute Gasteiger partial charge is 0.334 e. The third-order valence-electron chi connectivity index (χ3n) is 5.15. The Labute approximate surface area is 145 Å². The molecule has 1 atom stereocenters. The summed E-state index contributed by atoms with van der Waals surface area (Å²) >= 11 is 0. The Balaban J connectivity index is 1.52. The number of para-hydroxylation sites is 1. The van der Waals surface area contributed by atoms with Crippen LogP contribution in [0.1, 0.15) is 34.3 Å². The molecular weight excluding hydrogens is 314 g/mol. The molecule has 1 unspecified atom stereocenters. The molecule has 0 radical (unpaired) electrons. The summed E-state index contributed by atoms with van der Waals surface area (Å²) in [6, 6.07) is 10.2. The van der Waals surface area contributed by atoms with E-state index in [0.29, 0.717) is 12.2 Å². The minimum absolute atomic E-state index is 0.0220. The molecule has 0 aliphatic carbocycles. The minimum atomic E-state index is -0.0220. The van der Waals surface area contributed by atoms with Crippen LogP contribution in [-0.2, 0) is 19.4 Å². The lowest BCUT2D eigenvalue weighted by atomic mass is 9.97. The highest BCUT2D eigenvalue weighted by Gasteiger charge is 2.31. The standard InChI is InChI=1S/C19H19N5O/c25-19(16-13-22-9-3-7-18(22)21-16)23-12-15(24-10-4-8-20-24)11-14-5-1-2-6-17(14)23/h1-2,4-6,8,10,13,15H,3,7,9,11-12H2. The first-order chi connectivity index (χ1) is 12.3. The highest BCUT2D eigenvalue weighted by atomic mass is 16.2. The van der Waals surface area contributed by atoms with Gasteiger partial charge < -0.3 is 9.47 Å². The summed E-state index contributed by atoms with van der Waals surface area (Å²) < 4.78 is 4.05. The first-order valence-electron chi connectivity index (χ1n) is 8.74. The Hall–Kier alpha value is -2.89. The third-order valence-corrected chi connectivity index (χ3v) is 5.15. The molecule has 0 N–H and O–H groups in total. The molecule has 0 saturated carbocycles. The van der Waals surface area contributed by atoms with Crippen molar-refractivity contribution >= 4 is 11.6 Å². The zero-order valence-corrected chi connectivity index (χ0v) is 13.9. The van der Waals surface area contributed by atoms with E-state index in [1.165, 1.54) is 5.56 Å². The zero-order valence-electron chi connectivity index (χ0n) is 13.9. The van der Waals surface area contributed by atoms with E-state index < -0.39 is 0 Å². The van der Waals surface area contributed by atoms with Crippen molar-refractivity contribution in [3.05, 3.63) is 66.0 Å². The second kappa shape index (κ2) is 5.58. The third kappa shape index (κ3) is 2.36. The zero-order chi connectivity index (χ0) is 16.8. The van der Waals surface area contributed by atoms with Crippen LogP contribution in [0, 0.1) is 0 Å². The van der Waals surface area contributed by atoms with Crippen LogP contribution in [-0.4, -0.2) is 31.8 Å². The number of amides is 1. The van der Waals surface area contributed by atoms with Gasteiger partial charge in [-0.15, -0.1) is 0 Å². The van der Waals surface area contributed by atoms with Gasteiger partial charge >= 0.3 is 0 Å². The molecule has 1 aromatic carbocycles. The highest BCUT2D eigenvalue weighted by Crippen LogP contribution is 2.32. The summed E-state index contributed by atoms with van der Waals surface area (Å²) in [5.74, 6) is 1.00. The van der Waals surface area contributed by atoms with Gasteiger partial charge in [-0.3, -0.25) is 9.48 Å². The van der Waals surface area contributed by atoms with Crippen molar-refractivity contribution in [1.82, 2.24) is 19.3 Å². The van der Waals surface area contributed by atoms with E-state index in [0.717, 1.165) is 37.3 Å². The average Bonchev–Trinajstić information content (AvgIpc) is 3.36. The van der Waals surface area contributed by atoms with Gasteiger partial charge in [-0.2, -0.15) is 5.10 Å². The van der Waals surface area contributed by atoms with E-state index in [-0.39, 0.29) is 11.9 Å². The molecule has 0 fully saturated rings.